The maximum Gasteiger partial charge on any atom is 0.260 e. The van der Waals surface area contributed by atoms with Crippen LogP contribution in [-0.4, -0.2) is 58.6 Å². The molecule has 1 unspecified atom stereocenters. The molecule has 1 amide bonds. The maximum atomic E-state index is 12.5. The fourth-order valence-electron chi connectivity index (χ4n) is 3.08. The summed E-state index contributed by atoms with van der Waals surface area (Å²) in [5, 5.41) is 10.3. The highest BCUT2D eigenvalue weighted by Crippen LogP contribution is 2.22. The van der Waals surface area contributed by atoms with E-state index in [1.54, 1.807) is 18.3 Å². The molecule has 0 radical (unpaired) electrons. The topological polar surface area (TPSA) is 65.9 Å². The Kier molecular flexibility index (Phi) is 6.46. The van der Waals surface area contributed by atoms with Crippen LogP contribution < -0.4 is 4.74 Å². The highest BCUT2D eigenvalue weighted by atomic mass is 32.1. The third-order valence-corrected chi connectivity index (χ3v) is 6.09. The number of amides is 1. The van der Waals surface area contributed by atoms with Crippen molar-refractivity contribution < 1.29 is 14.6 Å². The van der Waals surface area contributed by atoms with Gasteiger partial charge >= 0.3 is 0 Å². The van der Waals surface area contributed by atoms with Gasteiger partial charge in [0.25, 0.3) is 5.91 Å². The quantitative estimate of drug-likeness (QED) is 0.822. The van der Waals surface area contributed by atoms with E-state index in [4.69, 9.17) is 4.74 Å². The smallest absolute Gasteiger partial charge is 0.260 e. The van der Waals surface area contributed by atoms with E-state index < -0.39 is 6.10 Å². The van der Waals surface area contributed by atoms with Crippen molar-refractivity contribution in [2.24, 2.45) is 0 Å². The monoisotopic (exact) mass is 389 g/mol. The van der Waals surface area contributed by atoms with Gasteiger partial charge in [0.2, 0.25) is 0 Å². The van der Waals surface area contributed by atoms with Gasteiger partial charge < -0.3 is 14.7 Å². The summed E-state index contributed by atoms with van der Waals surface area (Å²) in [5.74, 6) is 0.811. The molecule has 1 fully saturated rings. The van der Waals surface area contributed by atoms with Gasteiger partial charge in [0.05, 0.1) is 0 Å². The molecular formula is C20H27N3O3S. The number of nitrogens with zero attached hydrogens (tertiary/aromatic N) is 3. The third-order valence-electron chi connectivity index (χ3n) is 4.94. The molecule has 1 N–H and O–H groups in total. The van der Waals surface area contributed by atoms with E-state index in [0.29, 0.717) is 13.1 Å². The van der Waals surface area contributed by atoms with Crippen LogP contribution in [0.15, 0.2) is 24.4 Å². The molecule has 0 bridgehead atoms. The highest BCUT2D eigenvalue weighted by Gasteiger charge is 2.22. The number of thiazole rings is 1. The molecule has 1 saturated heterocycles. The lowest BCUT2D eigenvalue weighted by atomic mass is 10.1. The first-order valence-corrected chi connectivity index (χ1v) is 10.1. The Labute approximate surface area is 164 Å². The molecule has 2 heterocycles. The maximum absolute atomic E-state index is 12.5. The lowest BCUT2D eigenvalue weighted by molar-refractivity contribution is -0.135. The second-order valence-electron chi connectivity index (χ2n) is 6.98. The van der Waals surface area contributed by atoms with Crippen LogP contribution in [-0.2, 0) is 11.3 Å². The van der Waals surface area contributed by atoms with Gasteiger partial charge in [-0.15, -0.1) is 11.3 Å². The zero-order chi connectivity index (χ0) is 19.4. The Bertz CT molecular complexity index is 783. The minimum Gasteiger partial charge on any atom is -0.483 e. The summed E-state index contributed by atoms with van der Waals surface area (Å²) in [6, 6.07) is 5.89. The number of ether oxygens (including phenoxy) is 1. The van der Waals surface area contributed by atoms with Crippen molar-refractivity contribution in [3.63, 3.8) is 0 Å². The van der Waals surface area contributed by atoms with E-state index in [0.717, 1.165) is 46.4 Å². The normalized spacial score (nSPS) is 16.4. The van der Waals surface area contributed by atoms with E-state index >= 15 is 0 Å². The van der Waals surface area contributed by atoms with Crippen molar-refractivity contribution in [3.05, 3.63) is 45.4 Å². The molecule has 0 saturated carbocycles. The minimum atomic E-state index is -0.518. The molecule has 3 rings (SSSR count). The van der Waals surface area contributed by atoms with E-state index in [-0.39, 0.29) is 12.5 Å². The SMILES string of the molecule is Cc1cccc(OCC(=O)N2CCN(Cc3cnc(C(C)O)s3)CC2)c1C. The summed E-state index contributed by atoms with van der Waals surface area (Å²) in [6.07, 6.45) is 1.32. The molecule has 1 atom stereocenters. The molecule has 1 aromatic carbocycles. The van der Waals surface area contributed by atoms with Crippen LogP contribution in [0.1, 0.15) is 34.0 Å². The van der Waals surface area contributed by atoms with Gasteiger partial charge in [-0.1, -0.05) is 12.1 Å². The average Bonchev–Trinajstić information content (AvgIpc) is 3.12. The standard InChI is InChI=1S/C20H27N3O3S/c1-14-5-4-6-18(15(14)2)26-13-19(25)23-9-7-22(8-10-23)12-17-11-21-20(27-17)16(3)24/h4-6,11,16,24H,7-10,12-13H2,1-3H3. The van der Waals surface area contributed by atoms with Crippen LogP contribution in [0.2, 0.25) is 0 Å². The number of piperazine rings is 1. The summed E-state index contributed by atoms with van der Waals surface area (Å²) >= 11 is 1.55. The van der Waals surface area contributed by atoms with Gasteiger partial charge in [0.15, 0.2) is 6.61 Å². The predicted octanol–water partition coefficient (Wildman–Crippen LogP) is 2.54. The molecule has 27 heavy (non-hydrogen) atoms. The molecule has 7 heteroatoms. The summed E-state index contributed by atoms with van der Waals surface area (Å²) in [6.45, 7) is 9.74. The molecule has 0 aliphatic carbocycles. The Balaban J connectivity index is 1.45. The van der Waals surface area contributed by atoms with E-state index in [2.05, 4.69) is 9.88 Å². The Hall–Kier alpha value is -1.96. The Morgan fingerprint density at radius 1 is 1.30 bits per heavy atom. The van der Waals surface area contributed by atoms with Crippen molar-refractivity contribution in [2.75, 3.05) is 32.8 Å². The summed E-state index contributed by atoms with van der Waals surface area (Å²) in [4.78, 5) is 22.0. The Morgan fingerprint density at radius 2 is 2.04 bits per heavy atom. The lowest BCUT2D eigenvalue weighted by Crippen LogP contribution is -2.49. The first-order valence-electron chi connectivity index (χ1n) is 9.26. The van der Waals surface area contributed by atoms with Crippen LogP contribution in [0.25, 0.3) is 0 Å². The van der Waals surface area contributed by atoms with Gasteiger partial charge in [-0.2, -0.15) is 0 Å². The molecule has 6 nitrogen and oxygen atoms in total. The third kappa shape index (κ3) is 5.06. The number of rotatable bonds is 6. The van der Waals surface area contributed by atoms with Crippen LogP contribution in [0.5, 0.6) is 5.75 Å². The average molecular weight is 390 g/mol. The second-order valence-corrected chi connectivity index (χ2v) is 8.13. The molecule has 1 aliphatic rings. The number of hydrogen-bond donors (Lipinski definition) is 1. The largest absolute Gasteiger partial charge is 0.483 e. The van der Waals surface area contributed by atoms with Crippen LogP contribution in [0.3, 0.4) is 0 Å². The predicted molar refractivity (Wildman–Crippen MR) is 106 cm³/mol. The lowest BCUT2D eigenvalue weighted by Gasteiger charge is -2.34. The molecule has 1 aliphatic heterocycles. The number of hydrogen-bond acceptors (Lipinski definition) is 6. The Morgan fingerprint density at radius 3 is 2.70 bits per heavy atom. The summed E-state index contributed by atoms with van der Waals surface area (Å²) < 4.78 is 5.75. The fourth-order valence-corrected chi connectivity index (χ4v) is 3.97. The zero-order valence-corrected chi connectivity index (χ0v) is 17.0. The van der Waals surface area contributed by atoms with Crippen LogP contribution in [0.4, 0.5) is 0 Å². The number of aromatic nitrogens is 1. The van der Waals surface area contributed by atoms with Gasteiger partial charge in [-0.05, 0) is 38.0 Å². The van der Waals surface area contributed by atoms with Gasteiger partial charge in [0, 0.05) is 43.8 Å². The van der Waals surface area contributed by atoms with Gasteiger partial charge in [0.1, 0.15) is 16.9 Å². The van der Waals surface area contributed by atoms with Crippen LogP contribution >= 0.6 is 11.3 Å². The number of aliphatic hydroxyl groups excluding tert-OH is 1. The first-order chi connectivity index (χ1) is 12.9. The number of carbonyl (C=O) groups is 1. The van der Waals surface area contributed by atoms with Gasteiger partial charge in [-0.3, -0.25) is 9.69 Å². The molecule has 146 valence electrons. The van der Waals surface area contributed by atoms with Crippen molar-refractivity contribution >= 4 is 17.2 Å². The zero-order valence-electron chi connectivity index (χ0n) is 16.1. The number of carbonyl (C=O) groups excluding carboxylic acids is 1. The van der Waals surface area contributed by atoms with Crippen molar-refractivity contribution in [1.29, 1.82) is 0 Å². The fraction of sp³-hybridized carbons (Fsp3) is 0.500. The van der Waals surface area contributed by atoms with Crippen LogP contribution in [0, 0.1) is 13.8 Å². The van der Waals surface area contributed by atoms with E-state index in [1.165, 1.54) is 0 Å². The number of aryl methyl sites for hydroxylation is 1. The first kappa shape index (κ1) is 19.8. The van der Waals surface area contributed by atoms with Gasteiger partial charge in [-0.25, -0.2) is 4.98 Å². The summed E-state index contributed by atoms with van der Waals surface area (Å²) in [5.41, 5.74) is 2.24. The van der Waals surface area contributed by atoms with Crippen molar-refractivity contribution in [1.82, 2.24) is 14.8 Å². The van der Waals surface area contributed by atoms with E-state index in [9.17, 15) is 9.90 Å². The van der Waals surface area contributed by atoms with E-state index in [1.807, 2.05) is 43.1 Å². The molecular weight excluding hydrogens is 362 g/mol. The molecule has 1 aromatic heterocycles. The summed E-state index contributed by atoms with van der Waals surface area (Å²) in [7, 11) is 0. The van der Waals surface area contributed by atoms with Crippen molar-refractivity contribution in [3.8, 4) is 5.75 Å². The second kappa shape index (κ2) is 8.82. The number of benzene rings is 1. The van der Waals surface area contributed by atoms with Crippen molar-refractivity contribution in [2.45, 2.75) is 33.4 Å². The highest BCUT2D eigenvalue weighted by molar-refractivity contribution is 7.11. The number of aliphatic hydroxyl groups is 1. The molecule has 2 aromatic rings. The molecule has 0 spiro atoms. The minimum absolute atomic E-state index is 0.0322.